The number of hydrogen-bond acceptors (Lipinski definition) is 12. The number of pyridine rings is 1. The third kappa shape index (κ3) is 9.17. The number of hydrogen-bond donors (Lipinski definition) is 2. The molecule has 1 atom stereocenters. The van der Waals surface area contributed by atoms with Crippen LogP contribution in [0.5, 0.6) is 11.5 Å². The lowest BCUT2D eigenvalue weighted by molar-refractivity contribution is -0.136. The van der Waals surface area contributed by atoms with Crippen LogP contribution in [-0.4, -0.2) is 107 Å². The van der Waals surface area contributed by atoms with Gasteiger partial charge < -0.3 is 33.8 Å². The van der Waals surface area contributed by atoms with Crippen LogP contribution in [-0.2, 0) is 36.8 Å². The second kappa shape index (κ2) is 18.4. The highest BCUT2D eigenvalue weighted by molar-refractivity contribution is 6.06. The molecule has 1 aliphatic carbocycles. The molecule has 59 heavy (non-hydrogen) atoms. The van der Waals surface area contributed by atoms with Crippen LogP contribution in [0.3, 0.4) is 0 Å². The Bertz CT molecular complexity index is 2330. The summed E-state index contributed by atoms with van der Waals surface area (Å²) in [7, 11) is 0. The third-order valence-corrected chi connectivity index (χ3v) is 10.5. The number of rotatable bonds is 18. The summed E-state index contributed by atoms with van der Waals surface area (Å²) in [5.74, 6) is 0.375. The maximum absolute atomic E-state index is 12.9. The van der Waals surface area contributed by atoms with Crippen LogP contribution in [0.1, 0.15) is 46.3 Å². The van der Waals surface area contributed by atoms with E-state index < -0.39 is 11.9 Å². The van der Waals surface area contributed by atoms with Gasteiger partial charge >= 0.3 is 0 Å². The van der Waals surface area contributed by atoms with Gasteiger partial charge in [0.15, 0.2) is 0 Å². The Morgan fingerprint density at radius 2 is 1.37 bits per heavy atom. The van der Waals surface area contributed by atoms with Crippen molar-refractivity contribution in [2.45, 2.75) is 38.3 Å². The molecule has 5 aromatic rings. The number of oxime groups is 1. The fourth-order valence-corrected chi connectivity index (χ4v) is 7.50. The first kappa shape index (κ1) is 39.4. The summed E-state index contributed by atoms with van der Waals surface area (Å²) >= 11 is 0. The fraction of sp³-hybridized carbons (Fsp3) is 0.318. The van der Waals surface area contributed by atoms with Crippen molar-refractivity contribution in [2.75, 3.05) is 52.9 Å². The molecule has 1 saturated heterocycles. The molecule has 0 spiro atoms. The molecule has 1 unspecified atom stereocenters. The Kier molecular flexibility index (Phi) is 12.3. The molecular formula is C44H44N6O9. The number of carbonyl (C=O) groups is 3. The highest BCUT2D eigenvalue weighted by Gasteiger charge is 2.39. The van der Waals surface area contributed by atoms with Crippen molar-refractivity contribution in [3.63, 3.8) is 0 Å². The van der Waals surface area contributed by atoms with Gasteiger partial charge in [-0.2, -0.15) is 5.10 Å². The van der Waals surface area contributed by atoms with E-state index in [-0.39, 0.29) is 18.2 Å². The van der Waals surface area contributed by atoms with Gasteiger partial charge in [-0.1, -0.05) is 23.4 Å². The third-order valence-electron chi connectivity index (χ3n) is 10.5. The van der Waals surface area contributed by atoms with Crippen LogP contribution < -0.4 is 14.8 Å². The van der Waals surface area contributed by atoms with Gasteiger partial charge in [-0.05, 0) is 90.6 Å². The molecule has 1 fully saturated rings. The molecule has 3 aliphatic rings. The molecule has 0 bridgehead atoms. The summed E-state index contributed by atoms with van der Waals surface area (Å²) < 4.78 is 30.5. The lowest BCUT2D eigenvalue weighted by atomic mass is 9.98. The van der Waals surface area contributed by atoms with Gasteiger partial charge in [-0.25, -0.2) is 4.68 Å². The van der Waals surface area contributed by atoms with Crippen molar-refractivity contribution >= 4 is 23.4 Å². The van der Waals surface area contributed by atoms with E-state index in [1.165, 1.54) is 4.90 Å². The lowest BCUT2D eigenvalue weighted by Gasteiger charge is -2.29. The number of nitrogens with one attached hydrogen (secondary N) is 1. The maximum atomic E-state index is 12.9. The highest BCUT2D eigenvalue weighted by atomic mass is 16.6. The number of imide groups is 1. The summed E-state index contributed by atoms with van der Waals surface area (Å²) in [6.45, 7) is 3.46. The van der Waals surface area contributed by atoms with E-state index in [0.29, 0.717) is 77.1 Å². The van der Waals surface area contributed by atoms with E-state index in [4.69, 9.17) is 28.8 Å². The van der Waals surface area contributed by atoms with Crippen LogP contribution >= 0.6 is 0 Å². The molecule has 4 heterocycles. The molecule has 0 saturated carbocycles. The van der Waals surface area contributed by atoms with Crippen molar-refractivity contribution in [2.24, 2.45) is 5.16 Å². The number of aromatic nitrogens is 3. The molecule has 15 heteroatoms. The van der Waals surface area contributed by atoms with Crippen LogP contribution in [0.2, 0.25) is 0 Å². The quantitative estimate of drug-likeness (QED) is 0.0529. The van der Waals surface area contributed by atoms with Crippen LogP contribution in [0.25, 0.3) is 28.1 Å². The number of ether oxygens (including phenoxy) is 5. The molecule has 304 valence electrons. The normalized spacial score (nSPS) is 16.7. The van der Waals surface area contributed by atoms with Gasteiger partial charge in [0.2, 0.25) is 11.8 Å². The van der Waals surface area contributed by atoms with E-state index in [1.807, 2.05) is 65.5 Å². The largest absolute Gasteiger partial charge is 0.491 e. The number of aryl methyl sites for hydroxylation is 1. The molecule has 3 amide bonds. The zero-order valence-corrected chi connectivity index (χ0v) is 32.4. The van der Waals surface area contributed by atoms with Crippen LogP contribution in [0.15, 0.2) is 96.5 Å². The van der Waals surface area contributed by atoms with Gasteiger partial charge in [0.25, 0.3) is 5.91 Å². The van der Waals surface area contributed by atoms with Crippen LogP contribution in [0.4, 0.5) is 0 Å². The molecule has 2 aliphatic heterocycles. The zero-order valence-electron chi connectivity index (χ0n) is 32.4. The average molecular weight is 801 g/mol. The Balaban J connectivity index is 0.707. The van der Waals surface area contributed by atoms with E-state index in [2.05, 4.69) is 21.5 Å². The van der Waals surface area contributed by atoms with E-state index in [9.17, 15) is 19.6 Å². The second-order valence-corrected chi connectivity index (χ2v) is 14.2. The average Bonchev–Trinajstić information content (AvgIpc) is 3.98. The van der Waals surface area contributed by atoms with E-state index in [1.54, 1.807) is 24.5 Å². The predicted octanol–water partition coefficient (Wildman–Crippen LogP) is 4.99. The second-order valence-electron chi connectivity index (χ2n) is 14.2. The first-order valence-electron chi connectivity index (χ1n) is 19.7. The van der Waals surface area contributed by atoms with E-state index >= 15 is 0 Å². The minimum atomic E-state index is -0.648. The number of benzene rings is 3. The summed E-state index contributed by atoms with van der Waals surface area (Å²) in [5.41, 5.74) is 8.92. The maximum Gasteiger partial charge on any atom is 0.255 e. The molecule has 2 aromatic heterocycles. The molecule has 2 N–H and O–H groups in total. The van der Waals surface area contributed by atoms with Gasteiger partial charge in [-0.15, -0.1) is 0 Å². The smallest absolute Gasteiger partial charge is 0.255 e. The van der Waals surface area contributed by atoms with Crippen molar-refractivity contribution in [3.8, 4) is 39.6 Å². The van der Waals surface area contributed by atoms with Gasteiger partial charge in [-0.3, -0.25) is 24.7 Å². The molecule has 3 aromatic carbocycles. The minimum Gasteiger partial charge on any atom is -0.491 e. The summed E-state index contributed by atoms with van der Waals surface area (Å²) in [6.07, 6.45) is 7.65. The molecule has 15 nitrogen and oxygen atoms in total. The van der Waals surface area contributed by atoms with Crippen molar-refractivity contribution < 1.29 is 43.3 Å². The first-order valence-corrected chi connectivity index (χ1v) is 19.7. The van der Waals surface area contributed by atoms with Gasteiger partial charge in [0.1, 0.15) is 36.4 Å². The lowest BCUT2D eigenvalue weighted by Crippen LogP contribution is -2.52. The minimum absolute atomic E-state index is 0.216. The number of nitrogens with zero attached hydrogens (tertiary/aromatic N) is 5. The van der Waals surface area contributed by atoms with Crippen molar-refractivity contribution in [3.05, 3.63) is 114 Å². The Morgan fingerprint density at radius 1 is 0.695 bits per heavy atom. The molecular weight excluding hydrogens is 757 g/mol. The summed E-state index contributed by atoms with van der Waals surface area (Å²) in [4.78, 5) is 42.3. The predicted molar refractivity (Wildman–Crippen MR) is 215 cm³/mol. The monoisotopic (exact) mass is 800 g/mol. The number of piperidine rings is 1. The first-order chi connectivity index (χ1) is 28.9. The van der Waals surface area contributed by atoms with Gasteiger partial charge in [0.05, 0.1) is 51.0 Å². The Labute approximate surface area is 340 Å². The van der Waals surface area contributed by atoms with Crippen molar-refractivity contribution in [1.29, 1.82) is 0 Å². The van der Waals surface area contributed by atoms with E-state index in [0.717, 1.165) is 69.1 Å². The number of amides is 3. The standard InChI is InChI=1S/C44H44N6O9/c51-41-12-11-40(43(52)46-41)49-27-32-26-35(7-9-37(32)44(49)53)59-24-22-57-20-18-55-17-19-56-21-23-58-34-5-3-33(4-6-34)50-28-38(42(47-50)29-13-15-45-16-14-29)31-1-8-36-30(25-31)2-10-39(36)48-54/h1,3-9,13-16,25-26,28,40,54H,2,10-12,17-24,27H2,(H,46,51,52)/b48-39+. The topological polar surface area (TPSA) is 176 Å². The van der Waals surface area contributed by atoms with Crippen molar-refractivity contribution in [1.82, 2.24) is 25.0 Å². The number of carbonyl (C=O) groups excluding carboxylic acids is 3. The highest BCUT2D eigenvalue weighted by Crippen LogP contribution is 2.35. The summed E-state index contributed by atoms with van der Waals surface area (Å²) in [5, 5.41) is 20.1. The zero-order chi connectivity index (χ0) is 40.6. The fourth-order valence-electron chi connectivity index (χ4n) is 7.50. The Morgan fingerprint density at radius 3 is 2.08 bits per heavy atom. The molecule has 8 rings (SSSR count). The molecule has 0 radical (unpaired) electrons. The number of fused-ring (bicyclic) bond motifs is 2. The Hall–Kier alpha value is -6.42. The van der Waals surface area contributed by atoms with Gasteiger partial charge in [0, 0.05) is 53.8 Å². The van der Waals surface area contributed by atoms with Crippen LogP contribution in [0, 0.1) is 0 Å². The summed E-state index contributed by atoms with van der Waals surface area (Å²) in [6, 6.07) is 22.5. The SMILES string of the molecule is O=C1CCC(N2Cc3cc(OCCOCCOCCOCCOc4ccc(-n5cc(-c6ccc7c(c6)CC/C7=N\O)c(-c6ccncc6)n5)cc4)ccc3C2=O)C(=O)N1.